The first-order valence-electron chi connectivity index (χ1n) is 11.5. The van der Waals surface area contributed by atoms with E-state index in [1.807, 2.05) is 9.80 Å². The van der Waals surface area contributed by atoms with E-state index in [9.17, 15) is 19.1 Å². The third-order valence-corrected chi connectivity index (χ3v) is 7.22. The van der Waals surface area contributed by atoms with Crippen molar-refractivity contribution in [3.8, 4) is 0 Å². The molecule has 8 heteroatoms. The summed E-state index contributed by atoms with van der Waals surface area (Å²) >= 11 is 0. The summed E-state index contributed by atoms with van der Waals surface area (Å²) in [6, 6.07) is 5.10. The second-order valence-electron chi connectivity index (χ2n) is 9.30. The van der Waals surface area contributed by atoms with Gasteiger partial charge in [0.2, 0.25) is 5.91 Å². The van der Waals surface area contributed by atoms with Crippen LogP contribution >= 0.6 is 0 Å². The lowest BCUT2D eigenvalue weighted by atomic mass is 10.0. The standard InChI is InChI=1S/C23H30FN3O4/c24-20-13-15(26-10-2-4-22(26)29)7-8-21(20)25-9-1-3-19(14-25)31-23(30)27-16-5-6-17(27)12-18(28)11-16/h7-8,13,16-19,28H,1-6,9-12,14H2. The molecule has 0 aliphatic carbocycles. The van der Waals surface area contributed by atoms with Crippen molar-refractivity contribution in [3.05, 3.63) is 24.0 Å². The number of amides is 2. The Morgan fingerprint density at radius 3 is 2.55 bits per heavy atom. The quantitative estimate of drug-likeness (QED) is 0.796. The number of halogens is 1. The first-order chi connectivity index (χ1) is 15.0. The first-order valence-corrected chi connectivity index (χ1v) is 11.5. The highest BCUT2D eigenvalue weighted by atomic mass is 19.1. The van der Waals surface area contributed by atoms with Crippen molar-refractivity contribution in [3.63, 3.8) is 0 Å². The number of rotatable bonds is 3. The van der Waals surface area contributed by atoms with Gasteiger partial charge in [0, 0.05) is 37.3 Å². The maximum Gasteiger partial charge on any atom is 0.410 e. The molecule has 168 valence electrons. The molecule has 7 nitrogen and oxygen atoms in total. The smallest absolute Gasteiger partial charge is 0.410 e. The molecule has 4 aliphatic heterocycles. The van der Waals surface area contributed by atoms with Crippen LogP contribution in [-0.4, -0.2) is 65.9 Å². The third-order valence-electron chi connectivity index (χ3n) is 7.22. The van der Waals surface area contributed by atoms with E-state index in [4.69, 9.17) is 4.74 Å². The van der Waals surface area contributed by atoms with E-state index in [0.717, 1.165) is 32.1 Å². The van der Waals surface area contributed by atoms with Gasteiger partial charge in [-0.1, -0.05) is 0 Å². The fraction of sp³-hybridized carbons (Fsp3) is 0.652. The van der Waals surface area contributed by atoms with Crippen molar-refractivity contribution < 1.29 is 23.8 Å². The van der Waals surface area contributed by atoms with Gasteiger partial charge in [-0.2, -0.15) is 0 Å². The third kappa shape index (κ3) is 3.97. The molecule has 3 unspecified atom stereocenters. The van der Waals surface area contributed by atoms with E-state index in [0.29, 0.717) is 50.3 Å². The average Bonchev–Trinajstić information content (AvgIpc) is 3.29. The van der Waals surface area contributed by atoms with E-state index in [1.165, 1.54) is 6.07 Å². The summed E-state index contributed by atoms with van der Waals surface area (Å²) in [5, 5.41) is 9.96. The lowest BCUT2D eigenvalue weighted by Gasteiger charge is -2.39. The zero-order chi connectivity index (χ0) is 21.5. The molecule has 4 heterocycles. The number of aliphatic hydroxyl groups excluding tert-OH is 1. The number of piperidine rings is 2. The van der Waals surface area contributed by atoms with Crippen LogP contribution in [0.15, 0.2) is 18.2 Å². The Morgan fingerprint density at radius 2 is 1.87 bits per heavy atom. The van der Waals surface area contributed by atoms with Gasteiger partial charge in [-0.15, -0.1) is 0 Å². The van der Waals surface area contributed by atoms with Gasteiger partial charge in [0.15, 0.2) is 0 Å². The van der Waals surface area contributed by atoms with Gasteiger partial charge in [0.25, 0.3) is 0 Å². The topological polar surface area (TPSA) is 73.3 Å². The zero-order valence-electron chi connectivity index (χ0n) is 17.7. The molecule has 0 spiro atoms. The molecule has 1 N–H and O–H groups in total. The second kappa shape index (κ2) is 8.30. The van der Waals surface area contributed by atoms with E-state index < -0.39 is 0 Å². The van der Waals surface area contributed by atoms with Crippen LogP contribution in [0.4, 0.5) is 20.6 Å². The molecule has 1 aromatic rings. The number of nitrogens with zero attached hydrogens (tertiary/aromatic N) is 3. The highest BCUT2D eigenvalue weighted by molar-refractivity contribution is 5.95. The molecule has 1 aromatic carbocycles. The number of hydrogen-bond acceptors (Lipinski definition) is 5. The number of carbonyl (C=O) groups is 2. The first kappa shape index (κ1) is 20.5. The fourth-order valence-corrected chi connectivity index (χ4v) is 5.74. The fourth-order valence-electron chi connectivity index (χ4n) is 5.74. The van der Waals surface area contributed by atoms with Crippen LogP contribution in [0.2, 0.25) is 0 Å². The van der Waals surface area contributed by atoms with E-state index in [1.54, 1.807) is 17.0 Å². The summed E-state index contributed by atoms with van der Waals surface area (Å²) in [6.07, 6.45) is 5.08. The number of fused-ring (bicyclic) bond motifs is 2. The van der Waals surface area contributed by atoms with Gasteiger partial charge >= 0.3 is 6.09 Å². The number of hydrogen-bond donors (Lipinski definition) is 1. The molecule has 0 saturated carbocycles. The molecule has 5 rings (SSSR count). The van der Waals surface area contributed by atoms with Crippen LogP contribution in [0.5, 0.6) is 0 Å². The minimum Gasteiger partial charge on any atom is -0.444 e. The Kier molecular flexibility index (Phi) is 5.50. The van der Waals surface area contributed by atoms with Crippen molar-refractivity contribution in [1.82, 2.24) is 4.90 Å². The normalized spacial score (nSPS) is 30.8. The van der Waals surface area contributed by atoms with Crippen LogP contribution in [-0.2, 0) is 9.53 Å². The van der Waals surface area contributed by atoms with Gasteiger partial charge in [-0.25, -0.2) is 9.18 Å². The zero-order valence-corrected chi connectivity index (χ0v) is 17.7. The van der Waals surface area contributed by atoms with E-state index in [-0.39, 0.29) is 42.1 Å². The highest BCUT2D eigenvalue weighted by Crippen LogP contribution is 2.37. The van der Waals surface area contributed by atoms with Crippen molar-refractivity contribution in [2.75, 3.05) is 29.4 Å². The Bertz CT molecular complexity index is 851. The Hall–Kier alpha value is -2.35. The summed E-state index contributed by atoms with van der Waals surface area (Å²) in [5.74, 6) is -0.316. The SMILES string of the molecule is O=C1CCCN1c1ccc(N2CCCC(OC(=O)N3C4CCC3CC(O)C4)C2)c(F)c1. The van der Waals surface area contributed by atoms with Crippen molar-refractivity contribution in [2.24, 2.45) is 0 Å². The molecule has 2 bridgehead atoms. The largest absolute Gasteiger partial charge is 0.444 e. The summed E-state index contributed by atoms with van der Waals surface area (Å²) in [5.41, 5.74) is 1.09. The number of anilines is 2. The van der Waals surface area contributed by atoms with E-state index in [2.05, 4.69) is 0 Å². The maximum absolute atomic E-state index is 14.9. The highest BCUT2D eigenvalue weighted by Gasteiger charge is 2.44. The minimum absolute atomic E-state index is 0.0382. The van der Waals surface area contributed by atoms with Crippen molar-refractivity contribution in [2.45, 2.75) is 75.7 Å². The van der Waals surface area contributed by atoms with Crippen LogP contribution in [0.1, 0.15) is 51.4 Å². The van der Waals surface area contributed by atoms with Crippen LogP contribution in [0.25, 0.3) is 0 Å². The Balaban J connectivity index is 1.23. The van der Waals surface area contributed by atoms with E-state index >= 15 is 0 Å². The van der Waals surface area contributed by atoms with Gasteiger partial charge in [0.05, 0.1) is 18.3 Å². The predicted octanol–water partition coefficient (Wildman–Crippen LogP) is 3.05. The maximum atomic E-state index is 14.9. The monoisotopic (exact) mass is 431 g/mol. The van der Waals surface area contributed by atoms with Crippen LogP contribution in [0, 0.1) is 5.82 Å². The number of benzene rings is 1. The molecule has 4 fully saturated rings. The Labute approximate surface area is 181 Å². The molecule has 4 aliphatic rings. The molecule has 4 saturated heterocycles. The molecule has 0 radical (unpaired) electrons. The number of aliphatic hydroxyl groups is 1. The van der Waals surface area contributed by atoms with Crippen LogP contribution in [0.3, 0.4) is 0 Å². The lowest BCUT2D eigenvalue weighted by Crippen LogP contribution is -2.50. The number of ether oxygens (including phenoxy) is 1. The number of carbonyl (C=O) groups excluding carboxylic acids is 2. The van der Waals surface area contributed by atoms with Gasteiger partial charge in [-0.3, -0.25) is 4.79 Å². The summed E-state index contributed by atoms with van der Waals surface area (Å²) < 4.78 is 20.8. The summed E-state index contributed by atoms with van der Waals surface area (Å²) in [6.45, 7) is 1.79. The van der Waals surface area contributed by atoms with Gasteiger partial charge in [-0.05, 0) is 63.1 Å². The summed E-state index contributed by atoms with van der Waals surface area (Å²) in [4.78, 5) is 30.2. The van der Waals surface area contributed by atoms with Gasteiger partial charge < -0.3 is 24.5 Å². The Morgan fingerprint density at radius 1 is 1.10 bits per heavy atom. The molecular formula is C23H30FN3O4. The van der Waals surface area contributed by atoms with Crippen molar-refractivity contribution >= 4 is 23.4 Å². The second-order valence-corrected chi connectivity index (χ2v) is 9.30. The van der Waals surface area contributed by atoms with Crippen LogP contribution < -0.4 is 9.80 Å². The average molecular weight is 432 g/mol. The molecule has 2 amide bonds. The molecular weight excluding hydrogens is 401 g/mol. The lowest BCUT2D eigenvalue weighted by molar-refractivity contribution is -0.117. The summed E-state index contributed by atoms with van der Waals surface area (Å²) in [7, 11) is 0. The predicted molar refractivity (Wildman–Crippen MR) is 114 cm³/mol. The van der Waals surface area contributed by atoms with Gasteiger partial charge in [0.1, 0.15) is 11.9 Å². The molecule has 31 heavy (non-hydrogen) atoms. The minimum atomic E-state index is -0.354. The molecule has 0 aromatic heterocycles. The van der Waals surface area contributed by atoms with Crippen molar-refractivity contribution in [1.29, 1.82) is 0 Å². The molecule has 3 atom stereocenters.